The number of para-hydroxylation sites is 1. The minimum atomic E-state index is 0. The van der Waals surface area contributed by atoms with Crippen molar-refractivity contribution in [3.63, 3.8) is 0 Å². The van der Waals surface area contributed by atoms with Crippen LogP contribution in [0.15, 0.2) is 36.5 Å². The van der Waals surface area contributed by atoms with Gasteiger partial charge in [0.25, 0.3) is 0 Å². The molecule has 1 atom stereocenters. The van der Waals surface area contributed by atoms with Crippen molar-refractivity contribution in [3.05, 3.63) is 47.1 Å². The van der Waals surface area contributed by atoms with E-state index in [4.69, 9.17) is 5.73 Å². The number of aromatic nitrogens is 2. The lowest BCUT2D eigenvalue weighted by Gasteiger charge is -2.39. The SMILES string of the molecule is CCCN(CCN1CCN(c2ccnc3ccccc23)CC1)[C@H]1CCc2nc(N)sc2C1.Cl.Cl.Cl.Cl.Cl. The Balaban J connectivity index is 0.00000259. The van der Waals surface area contributed by atoms with Crippen LogP contribution in [0.25, 0.3) is 10.9 Å². The second-order valence-corrected chi connectivity index (χ2v) is 10.1. The van der Waals surface area contributed by atoms with Crippen molar-refractivity contribution in [1.29, 1.82) is 0 Å². The Morgan fingerprint density at radius 2 is 1.73 bits per heavy atom. The molecule has 0 radical (unpaired) electrons. The van der Waals surface area contributed by atoms with Crippen molar-refractivity contribution in [1.82, 2.24) is 19.8 Å². The number of anilines is 2. The minimum absolute atomic E-state index is 0. The summed E-state index contributed by atoms with van der Waals surface area (Å²) in [6.07, 6.45) is 6.55. The second kappa shape index (κ2) is 17.0. The number of hydrogen-bond donors (Lipinski definition) is 1. The zero-order valence-corrected chi connectivity index (χ0v) is 26.0. The molecule has 0 spiro atoms. The van der Waals surface area contributed by atoms with Gasteiger partial charge < -0.3 is 10.6 Å². The number of nitrogen functional groups attached to an aromatic ring is 1. The van der Waals surface area contributed by atoms with Crippen molar-refractivity contribution in [3.8, 4) is 0 Å². The maximum Gasteiger partial charge on any atom is 0.180 e. The first-order valence-electron chi connectivity index (χ1n) is 12.0. The van der Waals surface area contributed by atoms with Crippen LogP contribution < -0.4 is 10.6 Å². The lowest BCUT2D eigenvalue weighted by molar-refractivity contribution is 0.146. The third kappa shape index (κ3) is 8.61. The molecule has 210 valence electrons. The molecule has 12 heteroatoms. The molecular weight excluding hydrogens is 594 g/mol. The van der Waals surface area contributed by atoms with Crippen LogP contribution in [0.5, 0.6) is 0 Å². The van der Waals surface area contributed by atoms with E-state index in [1.165, 1.54) is 41.0 Å². The normalized spacial score (nSPS) is 16.9. The third-order valence-corrected chi connectivity index (χ3v) is 7.95. The number of hydrogen-bond acceptors (Lipinski definition) is 7. The second-order valence-electron chi connectivity index (χ2n) is 9.03. The average molecular weight is 633 g/mol. The smallest absolute Gasteiger partial charge is 0.180 e. The molecule has 1 saturated heterocycles. The summed E-state index contributed by atoms with van der Waals surface area (Å²) in [6.45, 7) is 10.2. The highest BCUT2D eigenvalue weighted by atomic mass is 35.5. The van der Waals surface area contributed by atoms with Gasteiger partial charge in [0.15, 0.2) is 5.13 Å². The quantitative estimate of drug-likeness (QED) is 0.357. The molecule has 2 aromatic heterocycles. The van der Waals surface area contributed by atoms with Gasteiger partial charge in [-0.05, 0) is 44.4 Å². The van der Waals surface area contributed by atoms with Crippen molar-refractivity contribution >= 4 is 95.1 Å². The summed E-state index contributed by atoms with van der Waals surface area (Å²) >= 11 is 1.69. The Morgan fingerprint density at radius 1 is 1.00 bits per heavy atom. The summed E-state index contributed by atoms with van der Waals surface area (Å²) < 4.78 is 0. The number of aryl methyl sites for hydroxylation is 1. The lowest BCUT2D eigenvalue weighted by Crippen LogP contribution is -2.50. The number of nitrogens with zero attached hydrogens (tertiary/aromatic N) is 5. The van der Waals surface area contributed by atoms with Crippen LogP contribution in [0.4, 0.5) is 10.8 Å². The monoisotopic (exact) mass is 630 g/mol. The van der Waals surface area contributed by atoms with E-state index in [-0.39, 0.29) is 62.0 Å². The fourth-order valence-electron chi connectivity index (χ4n) is 5.29. The third-order valence-electron chi connectivity index (χ3n) is 7.00. The summed E-state index contributed by atoms with van der Waals surface area (Å²) in [5.74, 6) is 0. The molecule has 1 fully saturated rings. The molecule has 3 heterocycles. The first kappa shape index (κ1) is 36.2. The van der Waals surface area contributed by atoms with Gasteiger partial charge in [0, 0.05) is 67.5 Å². The summed E-state index contributed by atoms with van der Waals surface area (Å²) in [4.78, 5) is 18.4. The zero-order valence-electron chi connectivity index (χ0n) is 21.1. The molecule has 0 saturated carbocycles. The van der Waals surface area contributed by atoms with Crippen LogP contribution >= 0.6 is 73.4 Å². The maximum absolute atomic E-state index is 5.96. The van der Waals surface area contributed by atoms with E-state index in [2.05, 4.69) is 61.9 Å². The Bertz CT molecular complexity index is 1060. The molecule has 37 heavy (non-hydrogen) atoms. The summed E-state index contributed by atoms with van der Waals surface area (Å²) in [6, 6.07) is 11.3. The number of benzene rings is 1. The molecule has 5 rings (SSSR count). The van der Waals surface area contributed by atoms with E-state index >= 15 is 0 Å². The van der Waals surface area contributed by atoms with Crippen LogP contribution in [0.3, 0.4) is 0 Å². The number of thiazole rings is 1. The predicted octanol–water partition coefficient (Wildman–Crippen LogP) is 5.77. The highest BCUT2D eigenvalue weighted by molar-refractivity contribution is 7.15. The molecule has 0 amide bonds. The first-order valence-corrected chi connectivity index (χ1v) is 12.8. The molecular formula is C25H39Cl5N6S. The van der Waals surface area contributed by atoms with Crippen molar-refractivity contribution in [2.75, 3.05) is 56.4 Å². The number of pyridine rings is 1. The van der Waals surface area contributed by atoms with E-state index in [1.807, 2.05) is 6.20 Å². The Labute approximate surface area is 255 Å². The van der Waals surface area contributed by atoms with Gasteiger partial charge in [-0.25, -0.2) is 4.98 Å². The fourth-order valence-corrected chi connectivity index (χ4v) is 6.24. The lowest BCUT2D eigenvalue weighted by atomic mass is 9.96. The van der Waals surface area contributed by atoms with Crippen molar-refractivity contribution in [2.24, 2.45) is 0 Å². The van der Waals surface area contributed by atoms with Gasteiger partial charge in [-0.1, -0.05) is 25.1 Å². The standard InChI is InChI=1S/C25H34N6S.5ClH/c1-2-11-30(19-7-8-22-24(18-19)32-25(26)28-22)15-12-29-13-16-31(17-14-29)23-9-10-27-21-6-4-3-5-20(21)23;;;;;/h3-6,9-10,19H,2,7-8,11-18H2,1H3,(H2,26,28);5*1H/t19-;;;;;/m0...../s1. The van der Waals surface area contributed by atoms with Crippen LogP contribution in [0.2, 0.25) is 0 Å². The van der Waals surface area contributed by atoms with E-state index in [0.29, 0.717) is 6.04 Å². The topological polar surface area (TPSA) is 61.5 Å². The molecule has 1 aliphatic heterocycles. The van der Waals surface area contributed by atoms with Gasteiger partial charge in [0.05, 0.1) is 11.2 Å². The van der Waals surface area contributed by atoms with E-state index < -0.39 is 0 Å². The van der Waals surface area contributed by atoms with Crippen LogP contribution in [-0.4, -0.2) is 71.6 Å². The number of nitrogens with two attached hydrogens (primary N) is 1. The molecule has 6 nitrogen and oxygen atoms in total. The van der Waals surface area contributed by atoms with Gasteiger partial charge in [0.1, 0.15) is 0 Å². The molecule has 3 aromatic rings. The van der Waals surface area contributed by atoms with Gasteiger partial charge >= 0.3 is 0 Å². The van der Waals surface area contributed by atoms with E-state index in [0.717, 1.165) is 62.8 Å². The molecule has 1 aromatic carbocycles. The molecule has 2 N–H and O–H groups in total. The van der Waals surface area contributed by atoms with Crippen molar-refractivity contribution < 1.29 is 0 Å². The Hall–Kier alpha value is -0.770. The highest BCUT2D eigenvalue weighted by Crippen LogP contribution is 2.30. The van der Waals surface area contributed by atoms with Gasteiger partial charge in [-0.3, -0.25) is 14.8 Å². The van der Waals surface area contributed by atoms with Gasteiger partial charge in [-0.2, -0.15) is 0 Å². The Kier molecular flexibility index (Phi) is 16.7. The summed E-state index contributed by atoms with van der Waals surface area (Å²) in [5, 5.41) is 2.00. The number of fused-ring (bicyclic) bond motifs is 2. The Morgan fingerprint density at radius 3 is 2.46 bits per heavy atom. The molecule has 0 unspecified atom stereocenters. The maximum atomic E-state index is 5.96. The van der Waals surface area contributed by atoms with Crippen LogP contribution in [0.1, 0.15) is 30.3 Å². The van der Waals surface area contributed by atoms with Crippen LogP contribution in [0, 0.1) is 0 Å². The fraction of sp³-hybridized carbons (Fsp3) is 0.520. The number of halogens is 5. The van der Waals surface area contributed by atoms with Gasteiger partial charge in [0.2, 0.25) is 0 Å². The summed E-state index contributed by atoms with van der Waals surface area (Å²) in [7, 11) is 0. The molecule has 2 aliphatic rings. The summed E-state index contributed by atoms with van der Waals surface area (Å²) in [5.41, 5.74) is 9.62. The van der Waals surface area contributed by atoms with E-state index in [1.54, 1.807) is 11.3 Å². The average Bonchev–Trinajstić information content (AvgIpc) is 3.21. The number of rotatable bonds is 7. The predicted molar refractivity (Wildman–Crippen MR) is 171 cm³/mol. The molecule has 0 bridgehead atoms. The number of piperazine rings is 1. The molecule has 1 aliphatic carbocycles. The van der Waals surface area contributed by atoms with E-state index in [9.17, 15) is 0 Å². The first-order chi connectivity index (χ1) is 15.7. The largest absolute Gasteiger partial charge is 0.375 e. The minimum Gasteiger partial charge on any atom is -0.375 e. The zero-order chi connectivity index (χ0) is 21.9. The highest BCUT2D eigenvalue weighted by Gasteiger charge is 2.27. The van der Waals surface area contributed by atoms with Crippen LogP contribution in [-0.2, 0) is 12.8 Å². The van der Waals surface area contributed by atoms with Crippen molar-refractivity contribution in [2.45, 2.75) is 38.6 Å². The van der Waals surface area contributed by atoms with Gasteiger partial charge in [-0.15, -0.1) is 73.4 Å².